The van der Waals surface area contributed by atoms with Crippen molar-refractivity contribution in [3.8, 4) is 0 Å². The third kappa shape index (κ3) is 3.10. The molecule has 21 heavy (non-hydrogen) atoms. The second kappa shape index (κ2) is 5.41. The Morgan fingerprint density at radius 3 is 2.71 bits per heavy atom. The monoisotopic (exact) mass is 345 g/mol. The van der Waals surface area contributed by atoms with E-state index in [9.17, 15) is 0 Å². The van der Waals surface area contributed by atoms with Crippen LogP contribution < -0.4 is 5.32 Å². The molecule has 1 aliphatic carbocycles. The van der Waals surface area contributed by atoms with Crippen molar-refractivity contribution in [3.05, 3.63) is 51.9 Å². The fourth-order valence-corrected chi connectivity index (χ4v) is 3.00. The summed E-state index contributed by atoms with van der Waals surface area (Å²) in [6, 6.07) is 10.6. The van der Waals surface area contributed by atoms with Crippen LogP contribution in [0, 0.1) is 0 Å². The van der Waals surface area contributed by atoms with E-state index in [1.54, 1.807) is 0 Å². The maximum atomic E-state index is 4.64. The van der Waals surface area contributed by atoms with Gasteiger partial charge in [-0.2, -0.15) is 0 Å². The molecule has 0 saturated heterocycles. The SMILES string of the molecule is CC(C)(C)c1nc(Br)cc(NCC2Cc3ccccc32)n1. The number of anilines is 1. The topological polar surface area (TPSA) is 37.8 Å². The number of benzene rings is 1. The molecule has 0 aliphatic heterocycles. The fraction of sp³-hybridized carbons (Fsp3) is 0.412. The third-order valence-electron chi connectivity index (χ3n) is 3.86. The summed E-state index contributed by atoms with van der Waals surface area (Å²) in [5.41, 5.74) is 2.89. The van der Waals surface area contributed by atoms with E-state index < -0.39 is 0 Å². The van der Waals surface area contributed by atoms with Crippen LogP contribution in [0.4, 0.5) is 5.82 Å². The second-order valence-electron chi connectivity index (χ2n) is 6.63. The highest BCUT2D eigenvalue weighted by Gasteiger charge is 2.25. The molecule has 4 heteroatoms. The molecule has 0 bridgehead atoms. The van der Waals surface area contributed by atoms with Crippen molar-refractivity contribution in [2.24, 2.45) is 0 Å². The van der Waals surface area contributed by atoms with Crippen molar-refractivity contribution >= 4 is 21.7 Å². The highest BCUT2D eigenvalue weighted by molar-refractivity contribution is 9.10. The van der Waals surface area contributed by atoms with Gasteiger partial charge in [0.15, 0.2) is 0 Å². The standard InChI is InChI=1S/C17H20BrN3/c1-17(2,3)16-20-14(18)9-15(21-16)19-10-12-8-11-6-4-5-7-13(11)12/h4-7,9,12H,8,10H2,1-3H3,(H,19,20,21). The average molecular weight is 346 g/mol. The highest BCUT2D eigenvalue weighted by Crippen LogP contribution is 2.34. The third-order valence-corrected chi connectivity index (χ3v) is 4.26. The van der Waals surface area contributed by atoms with Gasteiger partial charge in [-0.25, -0.2) is 9.97 Å². The Kier molecular flexibility index (Phi) is 3.74. The lowest BCUT2D eigenvalue weighted by molar-refractivity contribution is 0.543. The lowest BCUT2D eigenvalue weighted by Gasteiger charge is -2.30. The first-order valence-electron chi connectivity index (χ1n) is 7.30. The number of hydrogen-bond acceptors (Lipinski definition) is 3. The largest absolute Gasteiger partial charge is 0.369 e. The Morgan fingerprint density at radius 1 is 1.24 bits per heavy atom. The van der Waals surface area contributed by atoms with Gasteiger partial charge in [-0.15, -0.1) is 0 Å². The minimum absolute atomic E-state index is 0.0523. The van der Waals surface area contributed by atoms with Crippen LogP contribution in [0.2, 0.25) is 0 Å². The molecule has 1 heterocycles. The van der Waals surface area contributed by atoms with Gasteiger partial charge in [0.1, 0.15) is 16.2 Å². The first-order valence-corrected chi connectivity index (χ1v) is 8.09. The summed E-state index contributed by atoms with van der Waals surface area (Å²) in [5, 5.41) is 3.46. The van der Waals surface area contributed by atoms with Crippen molar-refractivity contribution in [2.75, 3.05) is 11.9 Å². The van der Waals surface area contributed by atoms with Crippen molar-refractivity contribution in [3.63, 3.8) is 0 Å². The molecule has 1 unspecified atom stereocenters. The van der Waals surface area contributed by atoms with Crippen LogP contribution in [0.15, 0.2) is 34.9 Å². The lowest BCUT2D eigenvalue weighted by atomic mass is 9.77. The minimum atomic E-state index is -0.0523. The van der Waals surface area contributed by atoms with Crippen molar-refractivity contribution in [1.82, 2.24) is 9.97 Å². The number of rotatable bonds is 3. The zero-order valence-electron chi connectivity index (χ0n) is 12.7. The summed E-state index contributed by atoms with van der Waals surface area (Å²) in [6.07, 6.45) is 1.15. The Balaban J connectivity index is 1.71. The summed E-state index contributed by atoms with van der Waals surface area (Å²) >= 11 is 3.48. The molecule has 1 N–H and O–H groups in total. The van der Waals surface area contributed by atoms with Crippen LogP contribution in [-0.4, -0.2) is 16.5 Å². The predicted octanol–water partition coefficient (Wildman–Crippen LogP) is 4.29. The smallest absolute Gasteiger partial charge is 0.137 e. The van der Waals surface area contributed by atoms with Crippen LogP contribution in [0.25, 0.3) is 0 Å². The molecule has 0 saturated carbocycles. The summed E-state index contributed by atoms with van der Waals surface area (Å²) in [6.45, 7) is 7.30. The van der Waals surface area contributed by atoms with Crippen LogP contribution in [0.1, 0.15) is 43.6 Å². The van der Waals surface area contributed by atoms with E-state index in [1.807, 2.05) is 6.07 Å². The van der Waals surface area contributed by atoms with Crippen LogP contribution in [0.3, 0.4) is 0 Å². The molecule has 3 nitrogen and oxygen atoms in total. The number of nitrogens with one attached hydrogen (secondary N) is 1. The number of fused-ring (bicyclic) bond motifs is 1. The quantitative estimate of drug-likeness (QED) is 0.843. The van der Waals surface area contributed by atoms with Gasteiger partial charge in [-0.3, -0.25) is 0 Å². The molecular formula is C17H20BrN3. The number of aromatic nitrogens is 2. The Bertz CT molecular complexity index is 661. The molecule has 3 rings (SSSR count). The van der Waals surface area contributed by atoms with Crippen LogP contribution in [-0.2, 0) is 11.8 Å². The zero-order valence-corrected chi connectivity index (χ0v) is 14.2. The maximum Gasteiger partial charge on any atom is 0.137 e. The van der Waals surface area contributed by atoms with Gasteiger partial charge in [-0.05, 0) is 33.5 Å². The molecule has 2 aromatic rings. The van der Waals surface area contributed by atoms with E-state index in [4.69, 9.17) is 0 Å². The Morgan fingerprint density at radius 2 is 2.00 bits per heavy atom. The average Bonchev–Trinajstić information content (AvgIpc) is 2.38. The molecule has 1 aromatic heterocycles. The van der Waals surface area contributed by atoms with E-state index in [-0.39, 0.29) is 5.41 Å². The van der Waals surface area contributed by atoms with Crippen molar-refractivity contribution in [2.45, 2.75) is 38.5 Å². The molecule has 1 aromatic carbocycles. The molecule has 0 spiro atoms. The van der Waals surface area contributed by atoms with Gasteiger partial charge in [0.25, 0.3) is 0 Å². The molecule has 0 radical (unpaired) electrons. The van der Waals surface area contributed by atoms with Crippen LogP contribution >= 0.6 is 15.9 Å². The van der Waals surface area contributed by atoms with E-state index in [0.717, 1.165) is 29.2 Å². The number of halogens is 1. The van der Waals surface area contributed by atoms with Crippen molar-refractivity contribution < 1.29 is 0 Å². The van der Waals surface area contributed by atoms with Gasteiger partial charge in [0, 0.05) is 23.9 Å². The van der Waals surface area contributed by atoms with Gasteiger partial charge in [0.05, 0.1) is 0 Å². The minimum Gasteiger partial charge on any atom is -0.369 e. The second-order valence-corrected chi connectivity index (χ2v) is 7.44. The number of hydrogen-bond donors (Lipinski definition) is 1. The zero-order chi connectivity index (χ0) is 15.0. The van der Waals surface area contributed by atoms with Gasteiger partial charge < -0.3 is 5.32 Å². The Hall–Kier alpha value is -1.42. The van der Waals surface area contributed by atoms with E-state index in [1.165, 1.54) is 11.1 Å². The lowest BCUT2D eigenvalue weighted by Crippen LogP contribution is -2.25. The molecule has 0 fully saturated rings. The summed E-state index contributed by atoms with van der Waals surface area (Å²) < 4.78 is 0.832. The fourth-order valence-electron chi connectivity index (χ4n) is 2.62. The Labute approximate surface area is 134 Å². The summed E-state index contributed by atoms with van der Waals surface area (Å²) in [7, 11) is 0. The maximum absolute atomic E-state index is 4.64. The first-order chi connectivity index (χ1) is 9.93. The number of nitrogens with zero attached hydrogens (tertiary/aromatic N) is 2. The van der Waals surface area contributed by atoms with E-state index >= 15 is 0 Å². The molecular weight excluding hydrogens is 326 g/mol. The molecule has 1 aliphatic rings. The highest BCUT2D eigenvalue weighted by atomic mass is 79.9. The predicted molar refractivity (Wildman–Crippen MR) is 89.8 cm³/mol. The summed E-state index contributed by atoms with van der Waals surface area (Å²) in [5.74, 6) is 2.34. The molecule has 0 amide bonds. The summed E-state index contributed by atoms with van der Waals surface area (Å²) in [4.78, 5) is 9.11. The normalized spacial score (nSPS) is 17.0. The van der Waals surface area contributed by atoms with Gasteiger partial charge in [-0.1, -0.05) is 45.0 Å². The van der Waals surface area contributed by atoms with E-state index in [0.29, 0.717) is 5.92 Å². The van der Waals surface area contributed by atoms with Gasteiger partial charge >= 0.3 is 0 Å². The first kappa shape index (κ1) is 14.5. The van der Waals surface area contributed by atoms with Gasteiger partial charge in [0.2, 0.25) is 0 Å². The molecule has 110 valence electrons. The van der Waals surface area contributed by atoms with Crippen LogP contribution in [0.5, 0.6) is 0 Å². The van der Waals surface area contributed by atoms with Crippen molar-refractivity contribution in [1.29, 1.82) is 0 Å². The van der Waals surface area contributed by atoms with E-state index in [2.05, 4.69) is 76.3 Å². The molecule has 1 atom stereocenters.